The van der Waals surface area contributed by atoms with Crippen molar-refractivity contribution in [2.45, 2.75) is 103 Å². The van der Waals surface area contributed by atoms with E-state index < -0.39 is 12.1 Å². The van der Waals surface area contributed by atoms with Gasteiger partial charge >= 0.3 is 12.1 Å². The number of hydrogen-bond acceptors (Lipinski definition) is 7. The van der Waals surface area contributed by atoms with E-state index in [0.29, 0.717) is 29.9 Å². The van der Waals surface area contributed by atoms with Crippen molar-refractivity contribution in [3.8, 4) is 11.5 Å². The summed E-state index contributed by atoms with van der Waals surface area (Å²) in [5, 5.41) is 19.3. The second kappa shape index (κ2) is 14.9. The van der Waals surface area contributed by atoms with E-state index in [1.165, 1.54) is 25.7 Å². The molecule has 0 radical (unpaired) electrons. The Kier molecular flexibility index (Phi) is 12.2. The van der Waals surface area contributed by atoms with Gasteiger partial charge in [0.15, 0.2) is 0 Å². The summed E-state index contributed by atoms with van der Waals surface area (Å²) in [5.41, 5.74) is 6.31. The summed E-state index contributed by atoms with van der Waals surface area (Å²) in [6, 6.07) is 12.4. The predicted octanol–water partition coefficient (Wildman–Crippen LogP) is 6.60. The summed E-state index contributed by atoms with van der Waals surface area (Å²) in [4.78, 5) is 35.0. The van der Waals surface area contributed by atoms with Crippen molar-refractivity contribution < 1.29 is 34.2 Å². The van der Waals surface area contributed by atoms with Crippen LogP contribution in [0.4, 0.5) is 4.79 Å². The molecule has 9 heteroatoms. The number of ketones is 1. The molecule has 41 heavy (non-hydrogen) atoms. The Bertz CT molecular complexity index is 1180. The van der Waals surface area contributed by atoms with Crippen molar-refractivity contribution in [1.29, 1.82) is 0 Å². The van der Waals surface area contributed by atoms with Gasteiger partial charge in [-0.3, -0.25) is 4.79 Å². The molecule has 0 unspecified atom stereocenters. The number of carbonyl (C=O) groups excluding carboxylic acids is 2. The average molecular weight is 571 g/mol. The van der Waals surface area contributed by atoms with Gasteiger partial charge in [0.25, 0.3) is 0 Å². The monoisotopic (exact) mass is 570 g/mol. The highest BCUT2D eigenvalue weighted by atomic mass is 16.7. The number of Topliss-reactive ketones (excluding diaryl/α,β-unsaturated/α-hetero) is 1. The van der Waals surface area contributed by atoms with E-state index in [1.54, 1.807) is 30.3 Å². The molecule has 2 atom stereocenters. The highest BCUT2D eigenvalue weighted by Crippen LogP contribution is 2.54. The molecule has 4 rings (SSSR count). The van der Waals surface area contributed by atoms with Crippen LogP contribution in [0.25, 0.3) is 0 Å². The minimum Gasteiger partial charge on any atom is -0.508 e. The molecule has 2 aromatic rings. The minimum absolute atomic E-state index is 0.00696. The summed E-state index contributed by atoms with van der Waals surface area (Å²) < 4.78 is 6.41. The van der Waals surface area contributed by atoms with Gasteiger partial charge in [-0.25, -0.2) is 9.59 Å². The van der Waals surface area contributed by atoms with Gasteiger partial charge < -0.3 is 25.5 Å². The molecular weight excluding hydrogens is 524 g/mol. The van der Waals surface area contributed by atoms with Crippen molar-refractivity contribution in [2.75, 3.05) is 0 Å². The van der Waals surface area contributed by atoms with Crippen LogP contribution in [0.5, 0.6) is 11.5 Å². The van der Waals surface area contributed by atoms with Gasteiger partial charge in [0.1, 0.15) is 22.9 Å². The normalized spacial score (nSPS) is 18.6. The van der Waals surface area contributed by atoms with E-state index >= 15 is 0 Å². The third kappa shape index (κ3) is 9.49. The number of ether oxygens (including phenoxy) is 1. The largest absolute Gasteiger partial charge is 0.508 e. The van der Waals surface area contributed by atoms with E-state index in [1.807, 2.05) is 6.07 Å². The number of fused-ring (bicyclic) bond motifs is 3. The van der Waals surface area contributed by atoms with Crippen molar-refractivity contribution in [1.82, 2.24) is 0 Å². The lowest BCUT2D eigenvalue weighted by Crippen LogP contribution is -2.47. The van der Waals surface area contributed by atoms with Crippen molar-refractivity contribution >= 4 is 17.8 Å². The number of primary amides is 1. The van der Waals surface area contributed by atoms with Crippen LogP contribution in [-0.2, 0) is 15.0 Å². The molecule has 6 N–H and O–H groups in total. The number of nitrogens with two attached hydrogens (primary N) is 2. The number of carbonyl (C=O) groups is 3. The second-order valence-corrected chi connectivity index (χ2v) is 11.9. The molecule has 226 valence electrons. The molecule has 1 heterocycles. The number of amides is 1. The fourth-order valence-corrected chi connectivity index (χ4v) is 5.68. The molecule has 0 bridgehead atoms. The Labute approximate surface area is 243 Å². The number of phenols is 1. The van der Waals surface area contributed by atoms with E-state index in [4.69, 9.17) is 9.84 Å². The van der Waals surface area contributed by atoms with Crippen LogP contribution in [0, 0.1) is 5.92 Å². The quantitative estimate of drug-likeness (QED) is 0.214. The first-order chi connectivity index (χ1) is 19.2. The zero-order chi connectivity index (χ0) is 30.8. The van der Waals surface area contributed by atoms with E-state index in [2.05, 4.69) is 57.2 Å². The van der Waals surface area contributed by atoms with Crippen LogP contribution in [0.15, 0.2) is 42.5 Å². The number of carboxylic acid groups (broad SMARTS) is 1. The van der Waals surface area contributed by atoms with Crippen molar-refractivity contribution in [2.24, 2.45) is 17.5 Å². The first kappa shape index (κ1) is 33.6. The van der Waals surface area contributed by atoms with Gasteiger partial charge in [0, 0.05) is 30.2 Å². The molecule has 9 nitrogen and oxygen atoms in total. The SMILES string of the molecule is CCCCCCC(C)(C)c1cc(O)c2c(c1)OC(C)(C)[C@@H]1CCC(=O)C[C@@H]21.NOC(N)=O.O=C(O)c1ccccc1. The maximum Gasteiger partial charge on any atom is 0.423 e. The Morgan fingerprint density at radius 1 is 1.12 bits per heavy atom. The maximum absolute atomic E-state index is 12.1. The molecule has 2 aromatic carbocycles. The average Bonchev–Trinajstić information content (AvgIpc) is 2.91. The number of benzene rings is 2. The number of aromatic carboxylic acids is 1. The molecule has 0 saturated heterocycles. The van der Waals surface area contributed by atoms with Gasteiger partial charge in [-0.1, -0.05) is 64.7 Å². The van der Waals surface area contributed by atoms with E-state index in [9.17, 15) is 19.5 Å². The van der Waals surface area contributed by atoms with Crippen LogP contribution in [0.3, 0.4) is 0 Å². The zero-order valence-corrected chi connectivity index (χ0v) is 24.9. The molecule has 1 aliphatic heterocycles. The lowest BCUT2D eigenvalue weighted by atomic mass is 9.66. The number of hydrogen-bond donors (Lipinski definition) is 4. The van der Waals surface area contributed by atoms with Crippen LogP contribution in [0.2, 0.25) is 0 Å². The van der Waals surface area contributed by atoms with E-state index in [-0.39, 0.29) is 22.9 Å². The maximum atomic E-state index is 12.1. The van der Waals surface area contributed by atoms with Crippen LogP contribution >= 0.6 is 0 Å². The zero-order valence-electron chi connectivity index (χ0n) is 24.9. The van der Waals surface area contributed by atoms with E-state index in [0.717, 1.165) is 29.7 Å². The molecule has 1 amide bonds. The summed E-state index contributed by atoms with van der Waals surface area (Å²) in [6.45, 7) is 11.0. The minimum atomic E-state index is -0.968. The Morgan fingerprint density at radius 3 is 2.29 bits per heavy atom. The van der Waals surface area contributed by atoms with Gasteiger partial charge in [-0.2, -0.15) is 5.90 Å². The highest BCUT2D eigenvalue weighted by Gasteiger charge is 2.47. The topological polar surface area (TPSA) is 162 Å². The summed E-state index contributed by atoms with van der Waals surface area (Å²) in [6.07, 6.45) is 7.11. The fourth-order valence-electron chi connectivity index (χ4n) is 5.68. The number of rotatable bonds is 7. The number of unbranched alkanes of at least 4 members (excludes halogenated alkanes) is 3. The number of carboxylic acids is 1. The fraction of sp³-hybridized carbons (Fsp3) is 0.531. The summed E-state index contributed by atoms with van der Waals surface area (Å²) in [7, 11) is 0. The van der Waals surface area contributed by atoms with Crippen LogP contribution < -0.4 is 16.4 Å². The van der Waals surface area contributed by atoms with Crippen LogP contribution in [-0.4, -0.2) is 33.7 Å². The Hall–Kier alpha value is -3.59. The molecule has 1 saturated carbocycles. The predicted molar refractivity (Wildman–Crippen MR) is 158 cm³/mol. The van der Waals surface area contributed by atoms with Gasteiger partial charge in [0.2, 0.25) is 0 Å². The van der Waals surface area contributed by atoms with Gasteiger partial charge in [-0.05, 0) is 61.9 Å². The molecule has 0 spiro atoms. The van der Waals surface area contributed by atoms with Crippen LogP contribution in [0.1, 0.15) is 113 Å². The third-order valence-corrected chi connectivity index (χ3v) is 8.00. The molecular formula is C32H46N2O7. The lowest BCUT2D eigenvalue weighted by Gasteiger charge is -2.47. The molecule has 0 aromatic heterocycles. The number of aromatic hydroxyl groups is 1. The Balaban J connectivity index is 0.000000345. The lowest BCUT2D eigenvalue weighted by molar-refractivity contribution is -0.124. The molecule has 1 aliphatic carbocycles. The third-order valence-electron chi connectivity index (χ3n) is 8.00. The van der Waals surface area contributed by atoms with Gasteiger partial charge in [0.05, 0.1) is 5.56 Å². The highest BCUT2D eigenvalue weighted by molar-refractivity contribution is 5.87. The first-order valence-corrected chi connectivity index (χ1v) is 14.3. The second-order valence-electron chi connectivity index (χ2n) is 11.9. The summed E-state index contributed by atoms with van der Waals surface area (Å²) >= 11 is 0. The first-order valence-electron chi connectivity index (χ1n) is 14.3. The standard InChI is InChI=1S/C24H36O3.C7H6O2.CH4N2O2/c1-6-7-8-9-12-23(2,3)16-13-20(26)22-18-15-17(25)10-11-19(18)24(4,5)27-21(22)14-16;8-7(9)6-4-2-1-3-5-6;2-1(4)5-3/h13-14,18-19,26H,6-12,15H2,1-5H3;1-5H,(H,8,9);3H2,(H2,2,4)/t18-,19-;;/m1../s1. The van der Waals surface area contributed by atoms with Crippen molar-refractivity contribution in [3.63, 3.8) is 0 Å². The van der Waals surface area contributed by atoms with Gasteiger partial charge in [-0.15, -0.1) is 0 Å². The molecule has 1 fully saturated rings. The summed E-state index contributed by atoms with van der Waals surface area (Å²) in [5.74, 6) is 5.07. The number of phenolic OH excluding ortho intramolecular Hbond substituents is 1. The van der Waals surface area contributed by atoms with Crippen molar-refractivity contribution in [3.05, 3.63) is 59.2 Å². The molecule has 2 aliphatic rings. The smallest absolute Gasteiger partial charge is 0.423 e. The Morgan fingerprint density at radius 2 is 1.76 bits per heavy atom.